The second kappa shape index (κ2) is 7.88. The van der Waals surface area contributed by atoms with E-state index in [2.05, 4.69) is 41.0 Å². The number of hydrogen-bond donors (Lipinski definition) is 2. The van der Waals surface area contributed by atoms with Crippen molar-refractivity contribution >= 4 is 0 Å². The van der Waals surface area contributed by atoms with Crippen LogP contribution in [0.2, 0.25) is 0 Å². The molecule has 1 saturated carbocycles. The summed E-state index contributed by atoms with van der Waals surface area (Å²) in [5, 5.41) is 13.3. The molecule has 1 saturated heterocycles. The number of aliphatic hydroxyl groups is 1. The smallest absolute Gasteiger partial charge is 0.0613 e. The maximum absolute atomic E-state index is 9.73. The van der Waals surface area contributed by atoms with E-state index in [4.69, 9.17) is 0 Å². The van der Waals surface area contributed by atoms with Crippen molar-refractivity contribution in [1.82, 2.24) is 20.0 Å². The van der Waals surface area contributed by atoms with Gasteiger partial charge in [0.15, 0.2) is 0 Å². The molecule has 5 heteroatoms. The number of rotatable bonds is 7. The highest BCUT2D eigenvalue weighted by Gasteiger charge is 2.40. The van der Waals surface area contributed by atoms with Crippen LogP contribution in [0.5, 0.6) is 0 Å². The van der Waals surface area contributed by atoms with Crippen molar-refractivity contribution in [2.45, 2.75) is 37.8 Å². The van der Waals surface area contributed by atoms with Crippen molar-refractivity contribution in [3.05, 3.63) is 0 Å². The number of nitrogens with one attached hydrogen (secondary N) is 1. The number of likely N-dealkylation sites (N-methyl/N-ethyl adjacent to an activating group) is 2. The Kier molecular flexibility index (Phi) is 6.44. The van der Waals surface area contributed by atoms with Gasteiger partial charge in [0.2, 0.25) is 0 Å². The average molecular weight is 298 g/mol. The molecule has 2 atom stereocenters. The summed E-state index contributed by atoms with van der Waals surface area (Å²) in [6, 6.07) is 0.659. The minimum Gasteiger partial charge on any atom is -0.394 e. The van der Waals surface area contributed by atoms with Crippen molar-refractivity contribution in [2.75, 3.05) is 66.5 Å². The van der Waals surface area contributed by atoms with Gasteiger partial charge in [-0.15, -0.1) is 0 Å². The third-order valence-corrected chi connectivity index (χ3v) is 5.22. The molecule has 0 aromatic heterocycles. The average Bonchev–Trinajstić information content (AvgIpc) is 2.91. The minimum absolute atomic E-state index is 0.0124. The Morgan fingerprint density at radius 1 is 1.24 bits per heavy atom. The van der Waals surface area contributed by atoms with Crippen molar-refractivity contribution in [1.29, 1.82) is 0 Å². The molecule has 0 radical (unpaired) electrons. The van der Waals surface area contributed by atoms with Gasteiger partial charge >= 0.3 is 0 Å². The normalized spacial score (nSPS) is 32.1. The lowest BCUT2D eigenvalue weighted by Crippen LogP contribution is -2.52. The monoisotopic (exact) mass is 298 g/mol. The molecule has 2 aliphatic rings. The summed E-state index contributed by atoms with van der Waals surface area (Å²) >= 11 is 0. The van der Waals surface area contributed by atoms with Crippen LogP contribution in [0.4, 0.5) is 0 Å². The van der Waals surface area contributed by atoms with Crippen LogP contribution < -0.4 is 5.32 Å². The highest BCUT2D eigenvalue weighted by atomic mass is 16.3. The Morgan fingerprint density at radius 2 is 1.95 bits per heavy atom. The van der Waals surface area contributed by atoms with E-state index < -0.39 is 0 Å². The first-order chi connectivity index (χ1) is 10.1. The quantitative estimate of drug-likeness (QED) is 0.696. The molecule has 0 amide bonds. The first-order valence-corrected chi connectivity index (χ1v) is 8.55. The van der Waals surface area contributed by atoms with Crippen LogP contribution in [-0.4, -0.2) is 97.9 Å². The lowest BCUT2D eigenvalue weighted by molar-refractivity contribution is 0.0850. The topological polar surface area (TPSA) is 42.0 Å². The van der Waals surface area contributed by atoms with Crippen molar-refractivity contribution in [2.24, 2.45) is 0 Å². The van der Waals surface area contributed by atoms with Gasteiger partial charge in [-0.25, -0.2) is 0 Å². The zero-order valence-corrected chi connectivity index (χ0v) is 14.1. The molecule has 0 spiro atoms. The maximum atomic E-state index is 9.73. The van der Waals surface area contributed by atoms with E-state index in [0.717, 1.165) is 25.9 Å². The fourth-order valence-electron chi connectivity index (χ4n) is 3.84. The molecule has 0 aromatic rings. The van der Waals surface area contributed by atoms with Crippen LogP contribution in [0.25, 0.3) is 0 Å². The molecule has 5 nitrogen and oxygen atoms in total. The Labute approximate surface area is 130 Å². The second-order valence-electron chi connectivity index (χ2n) is 7.05. The molecular weight excluding hydrogens is 264 g/mol. The molecule has 1 aliphatic heterocycles. The summed E-state index contributed by atoms with van der Waals surface area (Å²) in [6.07, 6.45) is 3.45. The highest BCUT2D eigenvalue weighted by molar-refractivity contribution is 4.99. The van der Waals surface area contributed by atoms with Crippen LogP contribution in [0, 0.1) is 0 Å². The summed E-state index contributed by atoms with van der Waals surface area (Å²) in [4.78, 5) is 7.49. The number of piperazine rings is 1. The van der Waals surface area contributed by atoms with Crippen LogP contribution >= 0.6 is 0 Å². The summed E-state index contributed by atoms with van der Waals surface area (Å²) in [6.45, 7) is 10.5. The second-order valence-corrected chi connectivity index (χ2v) is 7.05. The van der Waals surface area contributed by atoms with E-state index in [0.29, 0.717) is 6.04 Å². The lowest BCUT2D eigenvalue weighted by atomic mass is 9.98. The molecule has 0 bridgehead atoms. The predicted octanol–water partition coefficient (Wildman–Crippen LogP) is 0.0587. The third kappa shape index (κ3) is 4.63. The number of hydrogen-bond acceptors (Lipinski definition) is 5. The molecule has 2 fully saturated rings. The van der Waals surface area contributed by atoms with Gasteiger partial charge in [0, 0.05) is 50.8 Å². The van der Waals surface area contributed by atoms with Crippen molar-refractivity contribution < 1.29 is 5.11 Å². The first-order valence-electron chi connectivity index (χ1n) is 8.55. The number of nitrogens with zero attached hydrogens (tertiary/aromatic N) is 3. The number of aliphatic hydroxyl groups excluding tert-OH is 1. The molecule has 2 N–H and O–H groups in total. The fourth-order valence-corrected chi connectivity index (χ4v) is 3.84. The fraction of sp³-hybridized carbons (Fsp3) is 1.00. The maximum Gasteiger partial charge on any atom is 0.0613 e. The summed E-state index contributed by atoms with van der Waals surface area (Å²) < 4.78 is 0. The minimum atomic E-state index is -0.0124. The van der Waals surface area contributed by atoms with Crippen molar-refractivity contribution in [3.8, 4) is 0 Å². The van der Waals surface area contributed by atoms with E-state index in [-0.39, 0.29) is 12.1 Å². The highest BCUT2D eigenvalue weighted by Crippen LogP contribution is 2.33. The molecule has 2 rings (SSSR count). The molecular formula is C16H34N4O. The van der Waals surface area contributed by atoms with Crippen LogP contribution in [0.15, 0.2) is 0 Å². The van der Waals surface area contributed by atoms with E-state index in [1.165, 1.54) is 39.1 Å². The third-order valence-electron chi connectivity index (χ3n) is 5.22. The van der Waals surface area contributed by atoms with Crippen LogP contribution in [-0.2, 0) is 0 Å². The molecule has 1 aliphatic carbocycles. The van der Waals surface area contributed by atoms with Gasteiger partial charge in [-0.3, -0.25) is 9.80 Å². The summed E-state index contributed by atoms with van der Waals surface area (Å²) in [5.74, 6) is 0. The van der Waals surface area contributed by atoms with E-state index in [9.17, 15) is 5.11 Å². The summed E-state index contributed by atoms with van der Waals surface area (Å²) in [5.41, 5.74) is -0.0124. The Bertz CT molecular complexity index is 305. The Hall–Kier alpha value is -0.200. The van der Waals surface area contributed by atoms with Gasteiger partial charge in [0.1, 0.15) is 0 Å². The van der Waals surface area contributed by atoms with E-state index in [1.807, 2.05) is 0 Å². The lowest BCUT2D eigenvalue weighted by Gasteiger charge is -2.39. The zero-order chi connectivity index (χ0) is 15.3. The van der Waals surface area contributed by atoms with Gasteiger partial charge in [0.25, 0.3) is 0 Å². The predicted molar refractivity (Wildman–Crippen MR) is 87.7 cm³/mol. The van der Waals surface area contributed by atoms with Crippen LogP contribution in [0.1, 0.15) is 26.2 Å². The largest absolute Gasteiger partial charge is 0.394 e. The van der Waals surface area contributed by atoms with E-state index >= 15 is 0 Å². The zero-order valence-electron chi connectivity index (χ0n) is 14.1. The molecule has 1 heterocycles. The van der Waals surface area contributed by atoms with Crippen LogP contribution in [0.3, 0.4) is 0 Å². The van der Waals surface area contributed by atoms with Gasteiger partial charge < -0.3 is 15.3 Å². The summed E-state index contributed by atoms with van der Waals surface area (Å²) in [7, 11) is 4.29. The standard InChI is InChI=1S/C16H34N4O/c1-4-17-16(14-21)6-5-15(13-16)20-11-9-19(10-12-20)8-7-18(2)3/h15,17,21H,4-14H2,1-3H3. The molecule has 21 heavy (non-hydrogen) atoms. The Morgan fingerprint density at radius 3 is 2.52 bits per heavy atom. The van der Waals surface area contributed by atoms with Crippen molar-refractivity contribution in [3.63, 3.8) is 0 Å². The first kappa shape index (κ1) is 17.2. The SMILES string of the molecule is CCNC1(CO)CCC(N2CCN(CCN(C)C)CC2)C1. The molecule has 2 unspecified atom stereocenters. The van der Waals surface area contributed by atoms with Gasteiger partial charge in [-0.1, -0.05) is 6.92 Å². The van der Waals surface area contributed by atoms with Gasteiger partial charge in [-0.2, -0.15) is 0 Å². The molecule has 124 valence electrons. The van der Waals surface area contributed by atoms with Gasteiger partial charge in [0.05, 0.1) is 6.61 Å². The molecule has 0 aromatic carbocycles. The van der Waals surface area contributed by atoms with E-state index in [1.54, 1.807) is 0 Å². The Balaban J connectivity index is 1.75. The van der Waals surface area contributed by atoms with Gasteiger partial charge in [-0.05, 0) is 39.9 Å².